The molecule has 0 N–H and O–H groups in total. The third kappa shape index (κ3) is 4.13. The normalized spacial score (nSPS) is 29.4. The van der Waals surface area contributed by atoms with Crippen LogP contribution in [0.2, 0.25) is 0 Å². The highest BCUT2D eigenvalue weighted by atomic mass is 19.1. The van der Waals surface area contributed by atoms with Gasteiger partial charge in [0.1, 0.15) is 6.61 Å². The minimum Gasteiger partial charge on any atom is -0.483 e. The second-order valence-electron chi connectivity index (χ2n) is 7.54. The van der Waals surface area contributed by atoms with E-state index in [1.807, 2.05) is 0 Å². The number of halogens is 2. The van der Waals surface area contributed by atoms with Gasteiger partial charge >= 0.3 is 0 Å². The summed E-state index contributed by atoms with van der Waals surface area (Å²) in [6, 6.07) is 2.94. The number of benzene rings is 1. The molecule has 2 saturated carbocycles. The molecule has 0 spiro atoms. The molecule has 0 saturated heterocycles. The summed E-state index contributed by atoms with van der Waals surface area (Å²) in [7, 11) is 0. The third-order valence-corrected chi connectivity index (χ3v) is 5.96. The topological polar surface area (TPSA) is 9.23 Å². The molecule has 1 nitrogen and oxygen atoms in total. The molecule has 1 aromatic carbocycles. The Labute approximate surface area is 149 Å². The predicted octanol–water partition coefficient (Wildman–Crippen LogP) is 6.41. The van der Waals surface area contributed by atoms with Crippen molar-refractivity contribution in [3.63, 3.8) is 0 Å². The summed E-state index contributed by atoms with van der Waals surface area (Å²) in [5.74, 6) is 0.964. The molecule has 0 amide bonds. The van der Waals surface area contributed by atoms with Gasteiger partial charge in [0.05, 0.1) is 0 Å². The van der Waals surface area contributed by atoms with Crippen molar-refractivity contribution in [2.75, 3.05) is 6.61 Å². The van der Waals surface area contributed by atoms with E-state index in [-0.39, 0.29) is 18.3 Å². The maximum absolute atomic E-state index is 14.3. The van der Waals surface area contributed by atoms with E-state index in [4.69, 9.17) is 4.74 Å². The fourth-order valence-electron chi connectivity index (χ4n) is 4.77. The van der Waals surface area contributed by atoms with Gasteiger partial charge in [-0.3, -0.25) is 0 Å². The monoisotopic (exact) mass is 346 g/mol. The summed E-state index contributed by atoms with van der Waals surface area (Å²) >= 11 is 0. The summed E-state index contributed by atoms with van der Waals surface area (Å²) < 4.78 is 33.6. The molecule has 3 heteroatoms. The number of hydrogen-bond acceptors (Lipinski definition) is 1. The maximum atomic E-state index is 14.3. The Morgan fingerprint density at radius 1 is 1.08 bits per heavy atom. The van der Waals surface area contributed by atoms with Crippen molar-refractivity contribution in [1.29, 1.82) is 0 Å². The molecule has 4 unspecified atom stereocenters. The van der Waals surface area contributed by atoms with E-state index in [0.29, 0.717) is 5.92 Å². The first kappa shape index (κ1) is 18.2. The zero-order valence-electron chi connectivity index (χ0n) is 15.0. The van der Waals surface area contributed by atoms with E-state index in [2.05, 4.69) is 25.7 Å². The van der Waals surface area contributed by atoms with Crippen molar-refractivity contribution in [2.45, 2.75) is 51.4 Å². The van der Waals surface area contributed by atoms with Crippen molar-refractivity contribution < 1.29 is 13.5 Å². The van der Waals surface area contributed by atoms with Crippen LogP contribution in [-0.2, 0) is 0 Å². The Kier molecular flexibility index (Phi) is 5.93. The fraction of sp³-hybridized carbons (Fsp3) is 0.545. The molecule has 0 aromatic heterocycles. The van der Waals surface area contributed by atoms with Gasteiger partial charge in [0, 0.05) is 0 Å². The van der Waals surface area contributed by atoms with Crippen molar-refractivity contribution in [3.05, 3.63) is 54.1 Å². The largest absolute Gasteiger partial charge is 0.483 e. The number of hydrogen-bond donors (Lipinski definition) is 0. The fourth-order valence-corrected chi connectivity index (χ4v) is 4.77. The molecule has 2 aliphatic rings. The highest BCUT2D eigenvalue weighted by Crippen LogP contribution is 2.48. The number of ether oxygens (including phenoxy) is 1. The molecule has 1 aromatic rings. The number of rotatable bonds is 5. The third-order valence-electron chi connectivity index (χ3n) is 5.96. The minimum atomic E-state index is -0.601. The minimum absolute atomic E-state index is 0.105. The molecule has 4 atom stereocenters. The number of allylic oxidation sites excluding steroid dienone is 2. The van der Waals surface area contributed by atoms with E-state index in [9.17, 15) is 8.78 Å². The standard InChI is InChI=1S/C22H28F2O/c1-3-5-15-6-7-17-12-18(9-8-16(17)11-15)19-13-20(23)22(21(24)14-19)25-10-4-2/h3-5,13-18H,2,6-12H2,1H3/b5-3+. The Bertz CT molecular complexity index is 614. The van der Waals surface area contributed by atoms with E-state index in [1.54, 1.807) is 0 Å². The first-order valence-electron chi connectivity index (χ1n) is 9.47. The lowest BCUT2D eigenvalue weighted by molar-refractivity contribution is 0.133. The lowest BCUT2D eigenvalue weighted by Crippen LogP contribution is -2.30. The smallest absolute Gasteiger partial charge is 0.191 e. The van der Waals surface area contributed by atoms with Gasteiger partial charge in [-0.2, -0.15) is 0 Å². The zero-order valence-corrected chi connectivity index (χ0v) is 15.0. The molecule has 136 valence electrons. The molecule has 2 fully saturated rings. The van der Waals surface area contributed by atoms with Crippen LogP contribution in [0.4, 0.5) is 8.78 Å². The molecular formula is C22H28F2O. The first-order chi connectivity index (χ1) is 12.1. The van der Waals surface area contributed by atoms with Crippen molar-refractivity contribution in [3.8, 4) is 5.75 Å². The molecule has 0 aliphatic heterocycles. The Hall–Kier alpha value is -1.64. The molecule has 0 bridgehead atoms. The molecule has 25 heavy (non-hydrogen) atoms. The van der Waals surface area contributed by atoms with Gasteiger partial charge in [0.15, 0.2) is 17.4 Å². The van der Waals surface area contributed by atoms with Gasteiger partial charge in [-0.15, -0.1) is 0 Å². The van der Waals surface area contributed by atoms with E-state index in [1.165, 1.54) is 43.9 Å². The lowest BCUT2D eigenvalue weighted by Gasteiger charge is -2.41. The Balaban J connectivity index is 1.69. The van der Waals surface area contributed by atoms with E-state index < -0.39 is 11.6 Å². The predicted molar refractivity (Wildman–Crippen MR) is 97.8 cm³/mol. The lowest BCUT2D eigenvalue weighted by atomic mass is 9.64. The van der Waals surface area contributed by atoms with Crippen LogP contribution in [0.5, 0.6) is 5.75 Å². The summed E-state index contributed by atoms with van der Waals surface area (Å²) in [5, 5.41) is 0. The van der Waals surface area contributed by atoms with Gasteiger partial charge in [-0.05, 0) is 86.8 Å². The quantitative estimate of drug-likeness (QED) is 0.560. The molecule has 0 radical (unpaired) electrons. The summed E-state index contributed by atoms with van der Waals surface area (Å²) in [6.07, 6.45) is 13.0. The van der Waals surface area contributed by atoms with Gasteiger partial charge < -0.3 is 4.74 Å². The van der Waals surface area contributed by atoms with E-state index in [0.717, 1.165) is 30.2 Å². The summed E-state index contributed by atoms with van der Waals surface area (Å²) in [6.45, 7) is 5.70. The van der Waals surface area contributed by atoms with Crippen molar-refractivity contribution >= 4 is 0 Å². The van der Waals surface area contributed by atoms with Crippen LogP contribution in [0.25, 0.3) is 0 Å². The van der Waals surface area contributed by atoms with Gasteiger partial charge in [0.2, 0.25) is 0 Å². The number of fused-ring (bicyclic) bond motifs is 1. The van der Waals surface area contributed by atoms with Crippen molar-refractivity contribution in [1.82, 2.24) is 0 Å². The van der Waals surface area contributed by atoms with E-state index >= 15 is 0 Å². The SMILES string of the molecule is C=CCOc1c(F)cc(C2CCC3CC(/C=C/C)CCC3C2)cc1F. The Morgan fingerprint density at radius 2 is 1.76 bits per heavy atom. The molecule has 3 rings (SSSR count). The second-order valence-corrected chi connectivity index (χ2v) is 7.54. The van der Waals surface area contributed by atoms with Crippen LogP contribution >= 0.6 is 0 Å². The molecular weight excluding hydrogens is 318 g/mol. The summed E-state index contributed by atoms with van der Waals surface area (Å²) in [5.41, 5.74) is 0.787. The second kappa shape index (κ2) is 8.16. The van der Waals surface area contributed by atoms with Crippen LogP contribution in [-0.4, -0.2) is 6.61 Å². The molecule has 0 heterocycles. The highest BCUT2D eigenvalue weighted by molar-refractivity contribution is 5.33. The van der Waals surface area contributed by atoms with Crippen LogP contribution in [0.1, 0.15) is 56.9 Å². The van der Waals surface area contributed by atoms with Crippen LogP contribution in [0.15, 0.2) is 36.9 Å². The average Bonchev–Trinajstić information content (AvgIpc) is 2.61. The first-order valence-corrected chi connectivity index (χ1v) is 9.47. The Morgan fingerprint density at radius 3 is 2.44 bits per heavy atom. The molecule has 2 aliphatic carbocycles. The maximum Gasteiger partial charge on any atom is 0.191 e. The van der Waals surface area contributed by atoms with Crippen molar-refractivity contribution in [2.24, 2.45) is 17.8 Å². The van der Waals surface area contributed by atoms with Crippen LogP contribution < -0.4 is 4.74 Å². The van der Waals surface area contributed by atoms with Gasteiger partial charge in [-0.1, -0.05) is 24.8 Å². The van der Waals surface area contributed by atoms with Crippen LogP contribution in [0.3, 0.4) is 0 Å². The van der Waals surface area contributed by atoms with Gasteiger partial charge in [0.25, 0.3) is 0 Å². The van der Waals surface area contributed by atoms with Crippen LogP contribution in [0, 0.1) is 29.4 Å². The zero-order chi connectivity index (χ0) is 17.8. The van der Waals surface area contributed by atoms with Gasteiger partial charge in [-0.25, -0.2) is 8.78 Å². The average molecular weight is 346 g/mol. The highest BCUT2D eigenvalue weighted by Gasteiger charge is 2.35. The summed E-state index contributed by atoms with van der Waals surface area (Å²) in [4.78, 5) is 0.